The Labute approximate surface area is 79.9 Å². The van der Waals surface area contributed by atoms with Gasteiger partial charge in [-0.2, -0.15) is 0 Å². The Bertz CT molecular complexity index is 403. The van der Waals surface area contributed by atoms with Gasteiger partial charge in [-0.05, 0) is 18.2 Å². The first-order valence-electron chi connectivity index (χ1n) is 4.04. The number of aromatic nitrogens is 1. The molecule has 0 saturated heterocycles. The Balaban J connectivity index is 2.44. The fourth-order valence-electron chi connectivity index (χ4n) is 1.33. The molecule has 1 aromatic heterocycles. The number of nitrogens with zero attached hydrogens (tertiary/aromatic N) is 2. The minimum atomic E-state index is -1.11. The summed E-state index contributed by atoms with van der Waals surface area (Å²) < 4.78 is 0. The number of anilines is 1. The molecule has 2 rings (SSSR count). The van der Waals surface area contributed by atoms with Crippen molar-refractivity contribution in [3.63, 3.8) is 0 Å². The van der Waals surface area contributed by atoms with Crippen LogP contribution in [0, 0.1) is 0 Å². The van der Waals surface area contributed by atoms with Gasteiger partial charge >= 0.3 is 5.97 Å². The zero-order valence-corrected chi connectivity index (χ0v) is 7.16. The van der Waals surface area contributed by atoms with Crippen LogP contribution in [0.3, 0.4) is 0 Å². The Morgan fingerprint density at radius 3 is 3.07 bits per heavy atom. The van der Waals surface area contributed by atoms with Gasteiger partial charge in [-0.25, -0.2) is 14.8 Å². The maximum absolute atomic E-state index is 10.7. The van der Waals surface area contributed by atoms with Crippen molar-refractivity contribution in [1.29, 1.82) is 0 Å². The minimum absolute atomic E-state index is 0.266. The summed E-state index contributed by atoms with van der Waals surface area (Å²) in [6.07, 6.45) is 4.54. The molecule has 1 aliphatic heterocycles. The van der Waals surface area contributed by atoms with Gasteiger partial charge in [-0.1, -0.05) is 6.08 Å². The number of hydrogen-bond donors (Lipinski definition) is 2. The third kappa shape index (κ3) is 1.23. The molecule has 1 aromatic rings. The average molecular weight is 192 g/mol. The van der Waals surface area contributed by atoms with Crippen molar-refractivity contribution in [2.45, 2.75) is 6.04 Å². The summed E-state index contributed by atoms with van der Waals surface area (Å²) >= 11 is 0. The molecule has 0 aromatic carbocycles. The molecule has 0 amide bonds. The summed E-state index contributed by atoms with van der Waals surface area (Å²) in [7, 11) is 0. The number of carbonyl (C=O) groups is 1. The molecular weight excluding hydrogens is 184 g/mol. The van der Waals surface area contributed by atoms with E-state index in [2.05, 4.69) is 4.98 Å². The van der Waals surface area contributed by atoms with Crippen molar-refractivity contribution < 1.29 is 15.1 Å². The van der Waals surface area contributed by atoms with Crippen LogP contribution in [-0.2, 0) is 4.79 Å². The van der Waals surface area contributed by atoms with Crippen molar-refractivity contribution in [1.82, 2.24) is 4.98 Å². The van der Waals surface area contributed by atoms with E-state index in [9.17, 15) is 10.0 Å². The maximum atomic E-state index is 10.7. The van der Waals surface area contributed by atoms with Gasteiger partial charge in [-0.15, -0.1) is 0 Å². The van der Waals surface area contributed by atoms with Gasteiger partial charge in [0, 0.05) is 11.8 Å². The summed E-state index contributed by atoms with van der Waals surface area (Å²) in [6.45, 7) is 0. The second-order valence-corrected chi connectivity index (χ2v) is 2.90. The van der Waals surface area contributed by atoms with Crippen LogP contribution in [0.1, 0.15) is 5.56 Å². The topological polar surface area (TPSA) is 73.7 Å². The zero-order chi connectivity index (χ0) is 10.1. The third-order valence-electron chi connectivity index (χ3n) is 2.01. The molecule has 5 heteroatoms. The smallest absolute Gasteiger partial charge is 0.333 e. The van der Waals surface area contributed by atoms with Gasteiger partial charge in [0.25, 0.3) is 0 Å². The van der Waals surface area contributed by atoms with Crippen LogP contribution in [-0.4, -0.2) is 27.3 Å². The van der Waals surface area contributed by atoms with Gasteiger partial charge < -0.3 is 5.11 Å². The first kappa shape index (κ1) is 8.71. The van der Waals surface area contributed by atoms with E-state index in [4.69, 9.17) is 5.11 Å². The Morgan fingerprint density at radius 1 is 1.57 bits per heavy atom. The van der Waals surface area contributed by atoms with E-state index in [0.717, 1.165) is 0 Å². The molecule has 0 aliphatic carbocycles. The third-order valence-corrected chi connectivity index (χ3v) is 2.01. The number of carboxylic acids is 1. The molecular formula is C9H8N2O3. The first-order chi connectivity index (χ1) is 6.70. The summed E-state index contributed by atoms with van der Waals surface area (Å²) in [5.74, 6) is -0.845. The van der Waals surface area contributed by atoms with Crippen LogP contribution >= 0.6 is 0 Å². The number of hydroxylamine groups is 1. The first-order valence-corrected chi connectivity index (χ1v) is 4.04. The highest BCUT2D eigenvalue weighted by molar-refractivity contribution is 5.84. The number of aliphatic carboxylic acids is 1. The highest BCUT2D eigenvalue weighted by Crippen LogP contribution is 2.24. The highest BCUT2D eigenvalue weighted by Gasteiger charge is 2.27. The second-order valence-electron chi connectivity index (χ2n) is 2.90. The van der Waals surface area contributed by atoms with E-state index in [-0.39, 0.29) is 5.82 Å². The lowest BCUT2D eigenvalue weighted by atomic mass is 10.1. The van der Waals surface area contributed by atoms with Crippen molar-refractivity contribution in [3.8, 4) is 0 Å². The molecule has 0 fully saturated rings. The number of hydrogen-bond acceptors (Lipinski definition) is 4. The van der Waals surface area contributed by atoms with E-state index >= 15 is 0 Å². The lowest BCUT2D eigenvalue weighted by molar-refractivity contribution is -0.138. The van der Waals surface area contributed by atoms with Gasteiger partial charge in [0.05, 0.1) is 0 Å². The van der Waals surface area contributed by atoms with Crippen molar-refractivity contribution in [2.24, 2.45) is 0 Å². The Kier molecular flexibility index (Phi) is 1.94. The number of carboxylic acid groups (broad SMARTS) is 1. The average Bonchev–Trinajstić information content (AvgIpc) is 2.18. The highest BCUT2D eigenvalue weighted by atomic mass is 16.5. The van der Waals surface area contributed by atoms with E-state index in [1.807, 2.05) is 0 Å². The fraction of sp³-hybridized carbons (Fsp3) is 0.111. The van der Waals surface area contributed by atoms with Crippen LogP contribution in [0.25, 0.3) is 6.08 Å². The molecule has 1 atom stereocenters. The molecule has 0 spiro atoms. The monoisotopic (exact) mass is 192 g/mol. The van der Waals surface area contributed by atoms with Crippen LogP contribution in [0.15, 0.2) is 24.4 Å². The summed E-state index contributed by atoms with van der Waals surface area (Å²) in [5.41, 5.74) is 0.701. The minimum Gasteiger partial charge on any atom is -0.479 e. The van der Waals surface area contributed by atoms with Gasteiger partial charge in [-0.3, -0.25) is 5.21 Å². The molecule has 72 valence electrons. The predicted octanol–water partition coefficient (Wildman–Crippen LogP) is 0.757. The largest absolute Gasteiger partial charge is 0.479 e. The van der Waals surface area contributed by atoms with E-state index < -0.39 is 12.0 Å². The molecule has 0 saturated carbocycles. The standard InChI is InChI=1S/C9H8N2O3/c12-9(13)7-4-3-6-2-1-5-10-8(6)11(7)14/h1-5,7,14H,(H,12,13). The van der Waals surface area contributed by atoms with Gasteiger partial charge in [0.2, 0.25) is 0 Å². The fourth-order valence-corrected chi connectivity index (χ4v) is 1.33. The molecule has 2 heterocycles. The quantitative estimate of drug-likeness (QED) is 0.687. The lowest BCUT2D eigenvalue weighted by Gasteiger charge is -2.25. The van der Waals surface area contributed by atoms with Gasteiger partial charge in [0.15, 0.2) is 11.9 Å². The van der Waals surface area contributed by atoms with Crippen LogP contribution in [0.5, 0.6) is 0 Å². The van der Waals surface area contributed by atoms with Crippen molar-refractivity contribution in [2.75, 3.05) is 5.06 Å². The Morgan fingerprint density at radius 2 is 2.36 bits per heavy atom. The van der Waals surface area contributed by atoms with Crippen LogP contribution in [0.4, 0.5) is 5.82 Å². The maximum Gasteiger partial charge on any atom is 0.333 e. The van der Waals surface area contributed by atoms with E-state index in [1.165, 1.54) is 12.3 Å². The SMILES string of the molecule is O=C(O)C1C=Cc2cccnc2N1O. The summed E-state index contributed by atoms with van der Waals surface area (Å²) in [5, 5.41) is 18.9. The Hall–Kier alpha value is -1.88. The van der Waals surface area contributed by atoms with Crippen LogP contribution < -0.4 is 5.06 Å². The summed E-state index contributed by atoms with van der Waals surface area (Å²) in [6, 6.07) is 2.41. The van der Waals surface area contributed by atoms with Crippen LogP contribution in [0.2, 0.25) is 0 Å². The molecule has 0 radical (unpaired) electrons. The molecule has 2 N–H and O–H groups in total. The zero-order valence-electron chi connectivity index (χ0n) is 7.16. The van der Waals surface area contributed by atoms with Crippen molar-refractivity contribution in [3.05, 3.63) is 30.0 Å². The molecule has 1 aliphatic rings. The molecule has 0 bridgehead atoms. The van der Waals surface area contributed by atoms with E-state index in [0.29, 0.717) is 10.6 Å². The number of pyridine rings is 1. The number of rotatable bonds is 1. The van der Waals surface area contributed by atoms with E-state index in [1.54, 1.807) is 18.2 Å². The second kappa shape index (κ2) is 3.12. The number of fused-ring (bicyclic) bond motifs is 1. The summed E-state index contributed by atoms with van der Waals surface area (Å²) in [4.78, 5) is 14.6. The molecule has 14 heavy (non-hydrogen) atoms. The van der Waals surface area contributed by atoms with Gasteiger partial charge in [0.1, 0.15) is 0 Å². The lowest BCUT2D eigenvalue weighted by Crippen LogP contribution is -2.39. The predicted molar refractivity (Wildman–Crippen MR) is 49.0 cm³/mol. The normalized spacial score (nSPS) is 19.2. The van der Waals surface area contributed by atoms with Crippen molar-refractivity contribution >= 4 is 17.9 Å². The molecule has 1 unspecified atom stereocenters. The molecule has 5 nitrogen and oxygen atoms in total.